The third-order valence-corrected chi connectivity index (χ3v) is 8.27. The molecular formula is C26H35N3O5. The van der Waals surface area contributed by atoms with Crippen molar-refractivity contribution in [3.63, 3.8) is 0 Å². The van der Waals surface area contributed by atoms with Crippen LogP contribution in [0, 0.1) is 0 Å². The lowest BCUT2D eigenvalue weighted by Gasteiger charge is -2.45. The largest absolute Gasteiger partial charge is 0.489 e. The summed E-state index contributed by atoms with van der Waals surface area (Å²) in [6.07, 6.45) is 7.38. The van der Waals surface area contributed by atoms with Crippen LogP contribution in [0.3, 0.4) is 0 Å². The summed E-state index contributed by atoms with van der Waals surface area (Å²) in [7, 11) is 1.81. The number of rotatable bonds is 5. The number of benzene rings is 1. The number of hydrogen-bond acceptors (Lipinski definition) is 6. The summed E-state index contributed by atoms with van der Waals surface area (Å²) in [6, 6.07) is 5.46. The van der Waals surface area contributed by atoms with Crippen LogP contribution in [0.4, 0.5) is 0 Å². The normalized spacial score (nSPS) is 29.6. The molecule has 34 heavy (non-hydrogen) atoms. The highest BCUT2D eigenvalue weighted by molar-refractivity contribution is 6.05. The second-order valence-electron chi connectivity index (χ2n) is 10.4. The van der Waals surface area contributed by atoms with E-state index in [-0.39, 0.29) is 35.8 Å². The Morgan fingerprint density at radius 1 is 1.06 bits per heavy atom. The van der Waals surface area contributed by atoms with Crippen LogP contribution in [0.25, 0.3) is 0 Å². The van der Waals surface area contributed by atoms with Gasteiger partial charge in [-0.05, 0) is 69.2 Å². The molecule has 1 aromatic rings. The predicted molar refractivity (Wildman–Crippen MR) is 125 cm³/mol. The van der Waals surface area contributed by atoms with Crippen LogP contribution in [0.1, 0.15) is 74.2 Å². The van der Waals surface area contributed by atoms with Gasteiger partial charge in [0.25, 0.3) is 5.91 Å². The maximum absolute atomic E-state index is 13.0. The summed E-state index contributed by atoms with van der Waals surface area (Å²) < 4.78 is 12.3. The fourth-order valence-electron chi connectivity index (χ4n) is 5.96. The fourth-order valence-corrected chi connectivity index (χ4v) is 5.96. The molecule has 8 heteroatoms. The lowest BCUT2D eigenvalue weighted by atomic mass is 9.87. The van der Waals surface area contributed by atoms with E-state index >= 15 is 0 Å². The maximum atomic E-state index is 13.0. The van der Waals surface area contributed by atoms with Crippen LogP contribution in [0.5, 0.6) is 5.75 Å². The second kappa shape index (κ2) is 9.30. The molecule has 1 aliphatic carbocycles. The highest BCUT2D eigenvalue weighted by atomic mass is 16.5. The van der Waals surface area contributed by atoms with Crippen molar-refractivity contribution in [3.05, 3.63) is 29.3 Å². The van der Waals surface area contributed by atoms with Gasteiger partial charge in [-0.15, -0.1) is 0 Å². The van der Waals surface area contributed by atoms with Gasteiger partial charge in [0, 0.05) is 44.8 Å². The molecule has 0 radical (unpaired) electrons. The van der Waals surface area contributed by atoms with Gasteiger partial charge in [0.1, 0.15) is 17.9 Å². The highest BCUT2D eigenvalue weighted by Gasteiger charge is 2.40. The number of nitrogens with one attached hydrogen (secondary N) is 1. The van der Waals surface area contributed by atoms with Crippen molar-refractivity contribution >= 4 is 17.7 Å². The Kier molecular flexibility index (Phi) is 6.37. The zero-order valence-electron chi connectivity index (χ0n) is 20.2. The van der Waals surface area contributed by atoms with Crippen molar-refractivity contribution < 1.29 is 23.9 Å². The molecule has 3 aliphatic heterocycles. The number of nitrogens with zero attached hydrogens (tertiary/aromatic N) is 2. The van der Waals surface area contributed by atoms with Gasteiger partial charge in [-0.3, -0.25) is 24.6 Å². The number of carbonyl (C=O) groups is 3. The number of carbonyl (C=O) groups excluding carboxylic acids is 3. The van der Waals surface area contributed by atoms with Gasteiger partial charge >= 0.3 is 0 Å². The van der Waals surface area contributed by atoms with E-state index in [0.717, 1.165) is 56.5 Å². The standard InChI is InChI=1S/C26H35N3O5/c1-26(33-2)11-13-28(14-12-26)20-5-3-4-6-22(20)34-18-7-8-19-17(15-18)16-29(25(19)32)21-9-10-23(30)27-24(21)31/h7-8,15,20-22H,3-6,9-14,16H2,1-2H3,(H,27,30,31)/t20-,21?,22-/m0/s1. The quantitative estimate of drug-likeness (QED) is 0.667. The summed E-state index contributed by atoms with van der Waals surface area (Å²) in [5.74, 6) is -0.0258. The summed E-state index contributed by atoms with van der Waals surface area (Å²) in [5.41, 5.74) is 1.48. The molecule has 0 spiro atoms. The van der Waals surface area contributed by atoms with Crippen LogP contribution in [-0.4, -0.2) is 71.5 Å². The number of imide groups is 1. The summed E-state index contributed by atoms with van der Waals surface area (Å²) in [6.45, 7) is 4.61. The van der Waals surface area contributed by atoms with Gasteiger partial charge in [-0.25, -0.2) is 0 Å². The number of piperidine rings is 2. The van der Waals surface area contributed by atoms with E-state index in [9.17, 15) is 14.4 Å². The Labute approximate surface area is 200 Å². The molecule has 1 saturated carbocycles. The molecule has 184 valence electrons. The topological polar surface area (TPSA) is 88.2 Å². The monoisotopic (exact) mass is 469 g/mol. The summed E-state index contributed by atoms with van der Waals surface area (Å²) >= 11 is 0. The average molecular weight is 470 g/mol. The number of hydrogen-bond donors (Lipinski definition) is 1. The molecule has 0 aromatic heterocycles. The molecule has 3 amide bonds. The van der Waals surface area contributed by atoms with Gasteiger partial charge in [0.2, 0.25) is 11.8 Å². The van der Waals surface area contributed by atoms with E-state index in [4.69, 9.17) is 9.47 Å². The maximum Gasteiger partial charge on any atom is 0.255 e. The summed E-state index contributed by atoms with van der Waals surface area (Å²) in [4.78, 5) is 40.9. The number of methoxy groups -OCH3 is 1. The minimum absolute atomic E-state index is 0.0254. The van der Waals surface area contributed by atoms with E-state index in [1.54, 1.807) is 4.90 Å². The Balaban J connectivity index is 1.27. The number of amides is 3. The molecule has 2 saturated heterocycles. The zero-order chi connectivity index (χ0) is 23.9. The van der Waals surface area contributed by atoms with Gasteiger partial charge in [0.15, 0.2) is 0 Å². The Morgan fingerprint density at radius 2 is 1.82 bits per heavy atom. The number of likely N-dealkylation sites (tertiary alicyclic amines) is 1. The Bertz CT molecular complexity index is 971. The fraction of sp³-hybridized carbons (Fsp3) is 0.654. The third kappa shape index (κ3) is 4.45. The first-order chi connectivity index (χ1) is 16.4. The zero-order valence-corrected chi connectivity index (χ0v) is 20.2. The molecule has 0 bridgehead atoms. The van der Waals surface area contributed by atoms with Crippen molar-refractivity contribution in [2.24, 2.45) is 0 Å². The van der Waals surface area contributed by atoms with Gasteiger partial charge in [-0.2, -0.15) is 0 Å². The molecule has 3 fully saturated rings. The van der Waals surface area contributed by atoms with Crippen LogP contribution in [0.2, 0.25) is 0 Å². The average Bonchev–Trinajstić information content (AvgIpc) is 3.15. The van der Waals surface area contributed by atoms with Gasteiger partial charge in [-0.1, -0.05) is 6.42 Å². The molecule has 4 aliphatic rings. The Morgan fingerprint density at radius 3 is 2.56 bits per heavy atom. The van der Waals surface area contributed by atoms with E-state index in [2.05, 4.69) is 17.1 Å². The number of fused-ring (bicyclic) bond motifs is 1. The minimum atomic E-state index is -0.596. The van der Waals surface area contributed by atoms with Crippen molar-refractivity contribution in [3.8, 4) is 5.75 Å². The molecule has 5 rings (SSSR count). The molecule has 1 N–H and O–H groups in total. The van der Waals surface area contributed by atoms with Crippen LogP contribution < -0.4 is 10.1 Å². The van der Waals surface area contributed by atoms with Crippen molar-refractivity contribution in [1.82, 2.24) is 15.1 Å². The molecule has 3 atom stereocenters. The predicted octanol–water partition coefficient (Wildman–Crippen LogP) is 2.64. The Hall–Kier alpha value is -2.45. The highest BCUT2D eigenvalue weighted by Crippen LogP contribution is 2.34. The first-order valence-corrected chi connectivity index (χ1v) is 12.6. The van der Waals surface area contributed by atoms with Crippen molar-refractivity contribution in [1.29, 1.82) is 0 Å². The lowest BCUT2D eigenvalue weighted by molar-refractivity contribution is -0.136. The molecule has 1 aromatic carbocycles. The van der Waals surface area contributed by atoms with E-state index < -0.39 is 6.04 Å². The molecule has 8 nitrogen and oxygen atoms in total. The number of ether oxygens (including phenoxy) is 2. The second-order valence-corrected chi connectivity index (χ2v) is 10.4. The SMILES string of the molecule is COC1(C)CCN([C@H]2CCCC[C@@H]2Oc2ccc3c(c2)CN(C2CCC(=O)NC2=O)C3=O)CC1. The van der Waals surface area contributed by atoms with Gasteiger partial charge < -0.3 is 14.4 Å². The van der Waals surface area contributed by atoms with Crippen LogP contribution in [-0.2, 0) is 20.9 Å². The van der Waals surface area contributed by atoms with Gasteiger partial charge in [0.05, 0.1) is 5.60 Å². The van der Waals surface area contributed by atoms with E-state index in [0.29, 0.717) is 24.6 Å². The van der Waals surface area contributed by atoms with Crippen molar-refractivity contribution in [2.45, 2.75) is 88.6 Å². The molecular weight excluding hydrogens is 434 g/mol. The van der Waals surface area contributed by atoms with E-state index in [1.165, 1.54) is 6.42 Å². The van der Waals surface area contributed by atoms with Crippen molar-refractivity contribution in [2.75, 3.05) is 20.2 Å². The molecule has 1 unspecified atom stereocenters. The molecule has 3 heterocycles. The third-order valence-electron chi connectivity index (χ3n) is 8.27. The summed E-state index contributed by atoms with van der Waals surface area (Å²) in [5, 5.41) is 2.35. The van der Waals surface area contributed by atoms with Crippen LogP contribution in [0.15, 0.2) is 18.2 Å². The first-order valence-electron chi connectivity index (χ1n) is 12.6. The first kappa shape index (κ1) is 23.3. The minimum Gasteiger partial charge on any atom is -0.489 e. The lowest BCUT2D eigenvalue weighted by Crippen LogP contribution is -2.53. The smallest absolute Gasteiger partial charge is 0.255 e. The van der Waals surface area contributed by atoms with Crippen LogP contribution >= 0.6 is 0 Å². The van der Waals surface area contributed by atoms with E-state index in [1.807, 2.05) is 25.3 Å².